The Kier molecular flexibility index (Phi) is 6.85. The van der Waals surface area contributed by atoms with Crippen LogP contribution in [0.1, 0.15) is 17.4 Å². The second kappa shape index (κ2) is 7.92. The second-order valence-electron chi connectivity index (χ2n) is 4.75. The van der Waals surface area contributed by atoms with Gasteiger partial charge < -0.3 is 9.47 Å². The zero-order valence-corrected chi connectivity index (χ0v) is 14.9. The van der Waals surface area contributed by atoms with Crippen LogP contribution in [0.15, 0.2) is 11.1 Å². The molecule has 0 unspecified atom stereocenters. The van der Waals surface area contributed by atoms with Gasteiger partial charge in [-0.25, -0.2) is 17.9 Å². The molecule has 0 radical (unpaired) electrons. The van der Waals surface area contributed by atoms with Crippen molar-refractivity contribution in [2.75, 3.05) is 13.2 Å². The minimum atomic E-state index is -4.02. The first-order valence-electron chi connectivity index (χ1n) is 6.53. The summed E-state index contributed by atoms with van der Waals surface area (Å²) in [5.74, 6) is -0.701. The number of carbonyl (C=O) groups is 1. The predicted molar refractivity (Wildman–Crippen MR) is 80.9 cm³/mol. The Morgan fingerprint density at radius 1 is 1.48 bits per heavy atom. The van der Waals surface area contributed by atoms with Gasteiger partial charge in [0.05, 0.1) is 6.61 Å². The maximum atomic E-state index is 11.6. The highest BCUT2D eigenvalue weighted by atomic mass is 35.7. The summed E-state index contributed by atoms with van der Waals surface area (Å²) in [6, 6.07) is 2.05. The van der Waals surface area contributed by atoms with E-state index in [0.717, 1.165) is 16.8 Å². The maximum absolute atomic E-state index is 11.6. The molecule has 120 valence electrons. The number of carbonyl (C=O) groups excluding carboxylic acids is 1. The number of esters is 1. The normalized spacial score (nSPS) is 11.9. The number of aromatic nitrogens is 2. The molecule has 1 rings (SSSR count). The Morgan fingerprint density at radius 3 is 2.67 bits per heavy atom. The Morgan fingerprint density at radius 2 is 2.14 bits per heavy atom. The third kappa shape index (κ3) is 5.77. The molecule has 1 heterocycles. The largest absolute Gasteiger partial charge is 0.461 e. The van der Waals surface area contributed by atoms with Crippen molar-refractivity contribution < 1.29 is 22.7 Å². The van der Waals surface area contributed by atoms with E-state index in [0.29, 0.717) is 6.61 Å². The third-order valence-electron chi connectivity index (χ3n) is 2.53. The SMILES string of the molecule is CCOC(=O)c1cc(S(=O)(=O)Cl)n(COCC[SiH](C)C)n1. The molecular formula is C11H19ClN2O5SSi. The highest BCUT2D eigenvalue weighted by molar-refractivity contribution is 8.13. The summed E-state index contributed by atoms with van der Waals surface area (Å²) >= 11 is 0. The molecule has 10 heteroatoms. The summed E-state index contributed by atoms with van der Waals surface area (Å²) in [6.07, 6.45) is 0. The fraction of sp³-hybridized carbons (Fsp3) is 0.636. The van der Waals surface area contributed by atoms with E-state index in [2.05, 4.69) is 18.2 Å². The zero-order chi connectivity index (χ0) is 16.0. The van der Waals surface area contributed by atoms with Crippen molar-refractivity contribution >= 4 is 34.5 Å². The maximum Gasteiger partial charge on any atom is 0.358 e. The number of hydrogen-bond donors (Lipinski definition) is 0. The standard InChI is InChI=1S/C11H19ClN2O5SSi/c1-4-19-11(15)9-7-10(20(12,16)17)14(13-9)8-18-5-6-21(2)3/h7,21H,4-6,8H2,1-3H3. The molecule has 0 aliphatic rings. The van der Waals surface area contributed by atoms with E-state index in [9.17, 15) is 13.2 Å². The molecule has 0 N–H and O–H groups in total. The molecule has 0 amide bonds. The molecule has 0 aliphatic carbocycles. The van der Waals surface area contributed by atoms with Gasteiger partial charge >= 0.3 is 5.97 Å². The van der Waals surface area contributed by atoms with Crippen LogP contribution >= 0.6 is 10.7 Å². The van der Waals surface area contributed by atoms with E-state index >= 15 is 0 Å². The van der Waals surface area contributed by atoms with Crippen LogP contribution in [0.2, 0.25) is 19.1 Å². The van der Waals surface area contributed by atoms with E-state index in [1.807, 2.05) is 0 Å². The number of halogens is 1. The Bertz CT molecular complexity index is 587. The fourth-order valence-corrected chi connectivity index (χ4v) is 3.07. The minimum absolute atomic E-state index is 0.0815. The summed E-state index contributed by atoms with van der Waals surface area (Å²) in [5, 5.41) is 3.59. The highest BCUT2D eigenvalue weighted by Gasteiger charge is 2.23. The highest BCUT2D eigenvalue weighted by Crippen LogP contribution is 2.17. The topological polar surface area (TPSA) is 87.5 Å². The molecule has 0 bridgehead atoms. The molecule has 0 aliphatic heterocycles. The van der Waals surface area contributed by atoms with Gasteiger partial charge in [0.25, 0.3) is 9.05 Å². The van der Waals surface area contributed by atoms with Gasteiger partial charge in [0.2, 0.25) is 0 Å². The Labute approximate surface area is 130 Å². The molecule has 0 aromatic carbocycles. The number of rotatable bonds is 8. The van der Waals surface area contributed by atoms with Gasteiger partial charge in [0.15, 0.2) is 10.7 Å². The second-order valence-corrected chi connectivity index (χ2v) is 10.6. The van der Waals surface area contributed by atoms with Crippen LogP contribution in [0, 0.1) is 0 Å². The van der Waals surface area contributed by atoms with E-state index in [1.54, 1.807) is 6.92 Å². The molecule has 1 aromatic rings. The molecule has 0 atom stereocenters. The van der Waals surface area contributed by atoms with Crippen LogP contribution in [-0.4, -0.2) is 46.2 Å². The summed E-state index contributed by atoms with van der Waals surface area (Å²) in [7, 11) is 0.576. The molecular weight excluding hydrogens is 336 g/mol. The lowest BCUT2D eigenvalue weighted by molar-refractivity contribution is 0.0509. The van der Waals surface area contributed by atoms with Crippen LogP contribution in [-0.2, 0) is 25.3 Å². The van der Waals surface area contributed by atoms with Crippen molar-refractivity contribution in [1.29, 1.82) is 0 Å². The fourth-order valence-electron chi connectivity index (χ4n) is 1.46. The Hall–Kier alpha value is -0.903. The van der Waals surface area contributed by atoms with Crippen LogP contribution in [0.25, 0.3) is 0 Å². The molecule has 0 spiro atoms. The van der Waals surface area contributed by atoms with Crippen molar-refractivity contribution in [2.45, 2.75) is 37.8 Å². The molecule has 21 heavy (non-hydrogen) atoms. The minimum Gasteiger partial charge on any atom is -0.461 e. The van der Waals surface area contributed by atoms with Gasteiger partial charge in [0.1, 0.15) is 6.73 Å². The van der Waals surface area contributed by atoms with Crippen LogP contribution in [0.3, 0.4) is 0 Å². The first kappa shape index (κ1) is 18.1. The number of hydrogen-bond acceptors (Lipinski definition) is 6. The van der Waals surface area contributed by atoms with Gasteiger partial charge in [-0.2, -0.15) is 5.10 Å². The van der Waals surface area contributed by atoms with Crippen molar-refractivity contribution in [3.05, 3.63) is 11.8 Å². The molecule has 0 saturated heterocycles. The van der Waals surface area contributed by atoms with E-state index in [1.165, 1.54) is 0 Å². The monoisotopic (exact) mass is 354 g/mol. The van der Waals surface area contributed by atoms with Crippen LogP contribution in [0.5, 0.6) is 0 Å². The summed E-state index contributed by atoms with van der Waals surface area (Å²) in [5.41, 5.74) is -0.113. The first-order valence-corrected chi connectivity index (χ1v) is 12.0. The van der Waals surface area contributed by atoms with Gasteiger partial charge in [0, 0.05) is 32.2 Å². The average molecular weight is 355 g/mol. The van der Waals surface area contributed by atoms with Crippen molar-refractivity contribution in [1.82, 2.24) is 9.78 Å². The van der Waals surface area contributed by atoms with Crippen LogP contribution < -0.4 is 0 Å². The molecule has 7 nitrogen and oxygen atoms in total. The van der Waals surface area contributed by atoms with Crippen molar-refractivity contribution in [3.8, 4) is 0 Å². The summed E-state index contributed by atoms with van der Waals surface area (Å²) in [6.45, 7) is 6.62. The lowest BCUT2D eigenvalue weighted by atomic mass is 10.4. The average Bonchev–Trinajstić information content (AvgIpc) is 2.79. The lowest BCUT2D eigenvalue weighted by Gasteiger charge is -2.07. The zero-order valence-electron chi connectivity index (χ0n) is 12.2. The third-order valence-corrected chi connectivity index (χ3v) is 5.22. The smallest absolute Gasteiger partial charge is 0.358 e. The molecule has 1 aromatic heterocycles. The molecule has 0 fully saturated rings. The number of nitrogens with zero attached hydrogens (tertiary/aromatic N) is 2. The summed E-state index contributed by atoms with van der Waals surface area (Å²) < 4.78 is 34.2. The summed E-state index contributed by atoms with van der Waals surface area (Å²) in [4.78, 5) is 11.6. The van der Waals surface area contributed by atoms with E-state index in [-0.39, 0.29) is 24.1 Å². The van der Waals surface area contributed by atoms with E-state index in [4.69, 9.17) is 20.2 Å². The van der Waals surface area contributed by atoms with Gasteiger partial charge in [-0.15, -0.1) is 0 Å². The molecule has 0 saturated carbocycles. The number of ether oxygens (including phenoxy) is 2. The van der Waals surface area contributed by atoms with Gasteiger partial charge in [-0.3, -0.25) is 0 Å². The van der Waals surface area contributed by atoms with Crippen molar-refractivity contribution in [3.63, 3.8) is 0 Å². The predicted octanol–water partition coefficient (Wildman–Crippen LogP) is 1.45. The van der Waals surface area contributed by atoms with Gasteiger partial charge in [-0.1, -0.05) is 13.1 Å². The lowest BCUT2D eigenvalue weighted by Crippen LogP contribution is -2.13. The van der Waals surface area contributed by atoms with E-state index < -0.39 is 23.8 Å². The van der Waals surface area contributed by atoms with Crippen LogP contribution in [0.4, 0.5) is 0 Å². The van der Waals surface area contributed by atoms with Crippen molar-refractivity contribution in [2.24, 2.45) is 0 Å². The quantitative estimate of drug-likeness (QED) is 0.304. The Balaban J connectivity index is 2.87. The first-order chi connectivity index (χ1) is 9.75. The van der Waals surface area contributed by atoms with Gasteiger partial charge in [-0.05, 0) is 13.0 Å².